The minimum atomic E-state index is 0.433. The maximum absolute atomic E-state index is 5.33. The zero-order valence-corrected chi connectivity index (χ0v) is 14.6. The summed E-state index contributed by atoms with van der Waals surface area (Å²) in [7, 11) is 1.65. The smallest absolute Gasteiger partial charge is 0.221 e. The van der Waals surface area contributed by atoms with Crippen LogP contribution in [0.3, 0.4) is 0 Å². The van der Waals surface area contributed by atoms with Gasteiger partial charge in [0.15, 0.2) is 0 Å². The molecule has 0 saturated carbocycles. The van der Waals surface area contributed by atoms with Gasteiger partial charge in [-0.1, -0.05) is 6.07 Å². The first kappa shape index (κ1) is 16.6. The van der Waals surface area contributed by atoms with Crippen LogP contribution in [0.1, 0.15) is 29.9 Å². The lowest BCUT2D eigenvalue weighted by molar-refractivity contribution is 0.209. The number of aromatic nitrogens is 3. The summed E-state index contributed by atoms with van der Waals surface area (Å²) in [6, 6.07) is 6.52. The normalized spacial score (nSPS) is 16.1. The fraction of sp³-hybridized carbons (Fsp3) is 0.500. The van der Waals surface area contributed by atoms with E-state index in [0.717, 1.165) is 55.4 Å². The van der Waals surface area contributed by atoms with Gasteiger partial charge in [0.25, 0.3) is 0 Å². The number of pyridine rings is 1. The van der Waals surface area contributed by atoms with Gasteiger partial charge in [-0.3, -0.25) is 9.88 Å². The van der Waals surface area contributed by atoms with Crippen molar-refractivity contribution in [2.75, 3.05) is 25.5 Å². The maximum atomic E-state index is 5.33. The molecular formula is C18H25N5O. The van der Waals surface area contributed by atoms with Crippen molar-refractivity contribution in [3.05, 3.63) is 41.5 Å². The number of likely N-dealkylation sites (tertiary alicyclic amines) is 1. The Balaban J connectivity index is 1.57. The van der Waals surface area contributed by atoms with Crippen LogP contribution in [0.15, 0.2) is 24.4 Å². The molecule has 128 valence electrons. The zero-order chi connectivity index (χ0) is 16.9. The van der Waals surface area contributed by atoms with Gasteiger partial charge in [-0.15, -0.1) is 0 Å². The summed E-state index contributed by atoms with van der Waals surface area (Å²) >= 11 is 0. The van der Waals surface area contributed by atoms with E-state index in [-0.39, 0.29) is 0 Å². The predicted molar refractivity (Wildman–Crippen MR) is 94.2 cm³/mol. The molecule has 1 N–H and O–H groups in total. The number of hydrogen-bond donors (Lipinski definition) is 1. The second-order valence-corrected chi connectivity index (χ2v) is 6.27. The molecule has 1 fully saturated rings. The second-order valence-electron chi connectivity index (χ2n) is 6.27. The third-order valence-corrected chi connectivity index (χ3v) is 4.45. The number of hydrogen-bond acceptors (Lipinski definition) is 6. The fourth-order valence-corrected chi connectivity index (χ4v) is 3.09. The molecule has 2 aromatic rings. The summed E-state index contributed by atoms with van der Waals surface area (Å²) in [6.45, 7) is 6.94. The van der Waals surface area contributed by atoms with E-state index in [1.54, 1.807) is 7.11 Å². The van der Waals surface area contributed by atoms with Crippen molar-refractivity contribution < 1.29 is 4.74 Å². The van der Waals surface area contributed by atoms with Crippen molar-refractivity contribution in [3.63, 3.8) is 0 Å². The lowest BCUT2D eigenvalue weighted by Gasteiger charge is -2.32. The third-order valence-electron chi connectivity index (χ3n) is 4.45. The van der Waals surface area contributed by atoms with Gasteiger partial charge in [0.05, 0.1) is 18.4 Å². The number of ether oxygens (including phenoxy) is 1. The van der Waals surface area contributed by atoms with Crippen molar-refractivity contribution in [1.29, 1.82) is 0 Å². The van der Waals surface area contributed by atoms with E-state index in [1.807, 2.05) is 32.2 Å². The Kier molecular flexibility index (Phi) is 5.25. The Morgan fingerprint density at radius 1 is 1.21 bits per heavy atom. The molecule has 1 saturated heterocycles. The summed E-state index contributed by atoms with van der Waals surface area (Å²) in [6.07, 6.45) is 4.05. The number of anilines is 1. The molecule has 6 heteroatoms. The highest BCUT2D eigenvalue weighted by atomic mass is 16.5. The van der Waals surface area contributed by atoms with E-state index in [1.165, 1.54) is 0 Å². The molecule has 0 unspecified atom stereocenters. The van der Waals surface area contributed by atoms with Crippen LogP contribution in [-0.4, -0.2) is 46.1 Å². The largest absolute Gasteiger partial charge is 0.481 e. The van der Waals surface area contributed by atoms with Crippen LogP contribution in [-0.2, 0) is 6.54 Å². The summed E-state index contributed by atoms with van der Waals surface area (Å²) in [4.78, 5) is 15.7. The number of piperidine rings is 1. The number of nitrogens with zero attached hydrogens (tertiary/aromatic N) is 4. The number of nitrogens with one attached hydrogen (secondary N) is 1. The van der Waals surface area contributed by atoms with E-state index in [0.29, 0.717) is 11.9 Å². The molecule has 0 aliphatic carbocycles. The Bertz CT molecular complexity index is 669. The van der Waals surface area contributed by atoms with Gasteiger partial charge in [0, 0.05) is 31.9 Å². The Morgan fingerprint density at radius 3 is 2.67 bits per heavy atom. The Labute approximate surface area is 143 Å². The molecule has 2 aromatic heterocycles. The topological polar surface area (TPSA) is 63.2 Å². The molecule has 0 aromatic carbocycles. The molecule has 3 heterocycles. The molecule has 1 aliphatic rings. The van der Waals surface area contributed by atoms with Crippen LogP contribution < -0.4 is 10.1 Å². The summed E-state index contributed by atoms with van der Waals surface area (Å²) in [5.74, 6) is 2.27. The molecule has 1 aliphatic heterocycles. The van der Waals surface area contributed by atoms with Crippen LogP contribution in [0, 0.1) is 13.8 Å². The number of aryl methyl sites for hydroxylation is 1. The van der Waals surface area contributed by atoms with Gasteiger partial charge in [-0.2, -0.15) is 4.98 Å². The summed E-state index contributed by atoms with van der Waals surface area (Å²) in [5.41, 5.74) is 2.11. The van der Waals surface area contributed by atoms with Crippen LogP contribution in [0.25, 0.3) is 0 Å². The molecule has 24 heavy (non-hydrogen) atoms. The van der Waals surface area contributed by atoms with Crippen molar-refractivity contribution in [2.45, 2.75) is 39.3 Å². The average molecular weight is 327 g/mol. The monoisotopic (exact) mass is 327 g/mol. The highest BCUT2D eigenvalue weighted by Gasteiger charge is 2.21. The van der Waals surface area contributed by atoms with Crippen LogP contribution in [0.4, 0.5) is 5.82 Å². The lowest BCUT2D eigenvalue weighted by Crippen LogP contribution is -2.39. The Morgan fingerprint density at radius 2 is 2.00 bits per heavy atom. The Hall–Kier alpha value is -2.21. The number of rotatable bonds is 5. The molecule has 0 radical (unpaired) electrons. The van der Waals surface area contributed by atoms with Crippen LogP contribution in [0.5, 0.6) is 5.88 Å². The molecule has 0 amide bonds. The molecule has 0 atom stereocenters. The van der Waals surface area contributed by atoms with Gasteiger partial charge in [0.1, 0.15) is 11.6 Å². The average Bonchev–Trinajstić information content (AvgIpc) is 2.60. The van der Waals surface area contributed by atoms with E-state index in [2.05, 4.69) is 31.2 Å². The molecular weight excluding hydrogens is 302 g/mol. The first-order chi connectivity index (χ1) is 11.7. The molecule has 0 spiro atoms. The van der Waals surface area contributed by atoms with E-state index in [4.69, 9.17) is 4.74 Å². The summed E-state index contributed by atoms with van der Waals surface area (Å²) in [5, 5.41) is 3.58. The highest BCUT2D eigenvalue weighted by molar-refractivity contribution is 5.49. The zero-order valence-electron chi connectivity index (χ0n) is 14.6. The molecule has 3 rings (SSSR count). The number of methoxy groups -OCH3 is 1. The van der Waals surface area contributed by atoms with Crippen molar-refractivity contribution in [2.24, 2.45) is 0 Å². The molecule has 6 nitrogen and oxygen atoms in total. The molecule has 0 bridgehead atoms. The first-order valence-corrected chi connectivity index (χ1v) is 8.43. The second kappa shape index (κ2) is 7.57. The lowest BCUT2D eigenvalue weighted by atomic mass is 10.0. The minimum Gasteiger partial charge on any atom is -0.481 e. The van der Waals surface area contributed by atoms with E-state index < -0.39 is 0 Å². The quantitative estimate of drug-likeness (QED) is 0.911. The fourth-order valence-electron chi connectivity index (χ4n) is 3.09. The van der Waals surface area contributed by atoms with Crippen LogP contribution >= 0.6 is 0 Å². The maximum Gasteiger partial charge on any atom is 0.221 e. The minimum absolute atomic E-state index is 0.433. The summed E-state index contributed by atoms with van der Waals surface area (Å²) < 4.78 is 5.33. The van der Waals surface area contributed by atoms with Gasteiger partial charge in [-0.05, 0) is 38.8 Å². The van der Waals surface area contributed by atoms with Gasteiger partial charge in [-0.25, -0.2) is 4.98 Å². The van der Waals surface area contributed by atoms with Crippen molar-refractivity contribution >= 4 is 5.82 Å². The standard InChI is InChI=1S/C18H25N5O/c1-13-17(20-14(2)21-18(13)24-3)22-15-7-10-23(11-8-15)12-16-6-4-5-9-19-16/h4-6,9,15H,7-8,10-12H2,1-3H3,(H,20,21,22). The van der Waals surface area contributed by atoms with Crippen LogP contribution in [0.2, 0.25) is 0 Å². The predicted octanol–water partition coefficient (Wildman–Crippen LogP) is 2.57. The third kappa shape index (κ3) is 4.00. The highest BCUT2D eigenvalue weighted by Crippen LogP contribution is 2.24. The van der Waals surface area contributed by atoms with Gasteiger partial charge < -0.3 is 10.1 Å². The van der Waals surface area contributed by atoms with Gasteiger partial charge in [0.2, 0.25) is 5.88 Å². The van der Waals surface area contributed by atoms with E-state index in [9.17, 15) is 0 Å². The van der Waals surface area contributed by atoms with Crippen molar-refractivity contribution in [3.8, 4) is 5.88 Å². The SMILES string of the molecule is COc1nc(C)nc(NC2CCN(Cc3ccccn3)CC2)c1C. The van der Waals surface area contributed by atoms with Gasteiger partial charge >= 0.3 is 0 Å². The van der Waals surface area contributed by atoms with Crippen molar-refractivity contribution in [1.82, 2.24) is 19.9 Å². The van der Waals surface area contributed by atoms with E-state index >= 15 is 0 Å². The first-order valence-electron chi connectivity index (χ1n) is 8.43.